The van der Waals surface area contributed by atoms with Crippen molar-refractivity contribution in [2.45, 2.75) is 32.4 Å². The van der Waals surface area contributed by atoms with Crippen molar-refractivity contribution < 1.29 is 9.90 Å². The van der Waals surface area contributed by atoms with Gasteiger partial charge in [-0.25, -0.2) is 4.79 Å². The summed E-state index contributed by atoms with van der Waals surface area (Å²) in [5.41, 5.74) is 1.16. The molecule has 5 nitrogen and oxygen atoms in total. The van der Waals surface area contributed by atoms with Gasteiger partial charge in [0.25, 0.3) is 0 Å². The largest absolute Gasteiger partial charge is 0.391 e. The van der Waals surface area contributed by atoms with Crippen molar-refractivity contribution in [2.75, 3.05) is 27.2 Å². The lowest BCUT2D eigenvalue weighted by Crippen LogP contribution is -2.43. The van der Waals surface area contributed by atoms with Crippen LogP contribution >= 0.6 is 0 Å². The van der Waals surface area contributed by atoms with Crippen LogP contribution in [-0.4, -0.2) is 49.3 Å². The van der Waals surface area contributed by atoms with E-state index < -0.39 is 6.10 Å². The minimum Gasteiger partial charge on any atom is -0.391 e. The molecular formula is C17H29N3O2. The first-order valence-corrected chi connectivity index (χ1v) is 7.81. The molecule has 0 aliphatic heterocycles. The number of hydrogen-bond donors (Lipinski definition) is 3. The molecule has 0 spiro atoms. The zero-order valence-corrected chi connectivity index (χ0v) is 14.0. The van der Waals surface area contributed by atoms with Crippen molar-refractivity contribution in [2.24, 2.45) is 5.92 Å². The summed E-state index contributed by atoms with van der Waals surface area (Å²) in [5.74, 6) is 0.413. The van der Waals surface area contributed by atoms with Gasteiger partial charge in [-0.3, -0.25) is 0 Å². The van der Waals surface area contributed by atoms with Crippen LogP contribution in [0, 0.1) is 5.92 Å². The fraction of sp³-hybridized carbons (Fsp3) is 0.588. The second kappa shape index (κ2) is 9.43. The van der Waals surface area contributed by atoms with Crippen LogP contribution in [0.5, 0.6) is 0 Å². The molecule has 0 aliphatic carbocycles. The third-order valence-corrected chi connectivity index (χ3v) is 3.51. The van der Waals surface area contributed by atoms with E-state index in [0.29, 0.717) is 18.9 Å². The molecule has 2 atom stereocenters. The van der Waals surface area contributed by atoms with Gasteiger partial charge >= 0.3 is 6.03 Å². The van der Waals surface area contributed by atoms with Crippen LogP contribution in [0.3, 0.4) is 0 Å². The quantitative estimate of drug-likeness (QED) is 0.688. The highest BCUT2D eigenvalue weighted by molar-refractivity contribution is 5.73. The molecule has 1 rings (SSSR count). The number of aliphatic hydroxyl groups is 1. The number of rotatable bonds is 8. The van der Waals surface area contributed by atoms with Crippen LogP contribution in [0.2, 0.25) is 0 Å². The van der Waals surface area contributed by atoms with Crippen molar-refractivity contribution in [3.63, 3.8) is 0 Å². The first kappa shape index (κ1) is 18.5. The summed E-state index contributed by atoms with van der Waals surface area (Å²) in [6.07, 6.45) is 0.189. The topological polar surface area (TPSA) is 64.6 Å². The predicted octanol–water partition coefficient (Wildman–Crippen LogP) is 2.00. The van der Waals surface area contributed by atoms with Crippen LogP contribution in [0.15, 0.2) is 30.3 Å². The Hall–Kier alpha value is -1.59. The van der Waals surface area contributed by atoms with E-state index in [1.807, 2.05) is 46.1 Å². The number of likely N-dealkylation sites (N-methyl/N-ethyl adjacent to an activating group) is 1. The number of nitrogens with one attached hydrogen (secondary N) is 2. The lowest BCUT2D eigenvalue weighted by Gasteiger charge is -2.25. The summed E-state index contributed by atoms with van der Waals surface area (Å²) in [5, 5.41) is 15.3. The van der Waals surface area contributed by atoms with E-state index >= 15 is 0 Å². The van der Waals surface area contributed by atoms with Crippen LogP contribution in [0.25, 0.3) is 0 Å². The molecule has 0 bridgehead atoms. The third kappa shape index (κ3) is 6.91. The molecule has 3 N–H and O–H groups in total. The molecule has 0 heterocycles. The second-order valence-corrected chi connectivity index (χ2v) is 6.26. The minimum atomic E-state index is -0.496. The van der Waals surface area contributed by atoms with E-state index in [4.69, 9.17) is 0 Å². The Balaban J connectivity index is 2.41. The van der Waals surface area contributed by atoms with Gasteiger partial charge in [-0.05, 0) is 32.0 Å². The molecule has 1 aromatic rings. The molecule has 0 radical (unpaired) electrons. The number of carbonyl (C=O) groups excluding carboxylic acids is 1. The Morgan fingerprint density at radius 2 is 1.73 bits per heavy atom. The van der Waals surface area contributed by atoms with E-state index in [2.05, 4.69) is 27.7 Å². The molecule has 0 saturated heterocycles. The number of aliphatic hydroxyl groups excluding tert-OH is 1. The van der Waals surface area contributed by atoms with Gasteiger partial charge in [0, 0.05) is 13.1 Å². The second-order valence-electron chi connectivity index (χ2n) is 6.26. The highest BCUT2D eigenvalue weighted by atomic mass is 16.3. The Labute approximate surface area is 133 Å². The Bertz CT molecular complexity index is 435. The van der Waals surface area contributed by atoms with Crippen molar-refractivity contribution in [1.82, 2.24) is 15.5 Å². The third-order valence-electron chi connectivity index (χ3n) is 3.51. The summed E-state index contributed by atoms with van der Waals surface area (Å²) < 4.78 is 0. The van der Waals surface area contributed by atoms with Gasteiger partial charge in [0.15, 0.2) is 0 Å². The van der Waals surface area contributed by atoms with Crippen molar-refractivity contribution in [3.8, 4) is 0 Å². The van der Waals surface area contributed by atoms with Crippen LogP contribution in [0.4, 0.5) is 4.79 Å². The highest BCUT2D eigenvalue weighted by Gasteiger charge is 2.15. The molecule has 2 amide bonds. The molecule has 1 aromatic carbocycles. The van der Waals surface area contributed by atoms with E-state index in [1.165, 1.54) is 0 Å². The summed E-state index contributed by atoms with van der Waals surface area (Å²) in [7, 11) is 3.98. The van der Waals surface area contributed by atoms with Gasteiger partial charge in [0.05, 0.1) is 12.1 Å². The fourth-order valence-corrected chi connectivity index (χ4v) is 2.36. The number of urea groups is 1. The van der Waals surface area contributed by atoms with E-state index in [1.54, 1.807) is 0 Å². The number of nitrogens with zero attached hydrogens (tertiary/aromatic N) is 1. The zero-order valence-electron chi connectivity index (χ0n) is 14.0. The smallest absolute Gasteiger partial charge is 0.314 e. The zero-order chi connectivity index (χ0) is 16.5. The lowest BCUT2D eigenvalue weighted by molar-refractivity contribution is 0.146. The van der Waals surface area contributed by atoms with E-state index in [0.717, 1.165) is 5.56 Å². The fourth-order valence-electron chi connectivity index (χ4n) is 2.36. The maximum Gasteiger partial charge on any atom is 0.314 e. The molecule has 0 saturated carbocycles. The van der Waals surface area contributed by atoms with Gasteiger partial charge in [0.2, 0.25) is 0 Å². The van der Waals surface area contributed by atoms with Crippen LogP contribution < -0.4 is 10.6 Å². The summed E-state index contributed by atoms with van der Waals surface area (Å²) in [6, 6.07) is 9.94. The Morgan fingerprint density at radius 3 is 2.27 bits per heavy atom. The molecule has 0 aromatic heterocycles. The molecule has 124 valence electrons. The molecule has 5 heteroatoms. The monoisotopic (exact) mass is 307 g/mol. The van der Waals surface area contributed by atoms with Gasteiger partial charge in [-0.1, -0.05) is 44.2 Å². The number of amides is 2. The SMILES string of the molecule is CC(C)CC(O)CNC(=O)NCC(c1ccccc1)N(C)C. The van der Waals surface area contributed by atoms with E-state index in [-0.39, 0.29) is 18.6 Å². The maximum atomic E-state index is 11.8. The molecule has 0 aliphatic rings. The predicted molar refractivity (Wildman–Crippen MR) is 89.7 cm³/mol. The molecular weight excluding hydrogens is 278 g/mol. The first-order chi connectivity index (χ1) is 10.4. The summed E-state index contributed by atoms with van der Waals surface area (Å²) in [4.78, 5) is 13.9. The van der Waals surface area contributed by atoms with Gasteiger partial charge in [-0.2, -0.15) is 0 Å². The minimum absolute atomic E-state index is 0.118. The van der Waals surface area contributed by atoms with Crippen molar-refractivity contribution in [3.05, 3.63) is 35.9 Å². The Morgan fingerprint density at radius 1 is 1.14 bits per heavy atom. The van der Waals surface area contributed by atoms with Gasteiger partial charge < -0.3 is 20.6 Å². The van der Waals surface area contributed by atoms with Crippen LogP contribution in [0.1, 0.15) is 31.9 Å². The highest BCUT2D eigenvalue weighted by Crippen LogP contribution is 2.16. The Kier molecular flexibility index (Phi) is 7.91. The average molecular weight is 307 g/mol. The first-order valence-electron chi connectivity index (χ1n) is 7.81. The molecule has 22 heavy (non-hydrogen) atoms. The van der Waals surface area contributed by atoms with Crippen molar-refractivity contribution >= 4 is 6.03 Å². The number of benzene rings is 1. The van der Waals surface area contributed by atoms with Gasteiger partial charge in [0.1, 0.15) is 0 Å². The summed E-state index contributed by atoms with van der Waals surface area (Å²) in [6.45, 7) is 4.89. The maximum absolute atomic E-state index is 11.8. The average Bonchev–Trinajstić information content (AvgIpc) is 2.45. The molecule has 2 unspecified atom stereocenters. The number of hydrogen-bond acceptors (Lipinski definition) is 3. The lowest BCUT2D eigenvalue weighted by atomic mass is 10.1. The van der Waals surface area contributed by atoms with Crippen molar-refractivity contribution in [1.29, 1.82) is 0 Å². The standard InChI is InChI=1S/C17H29N3O2/c1-13(2)10-15(21)11-18-17(22)19-12-16(20(3)4)14-8-6-5-7-9-14/h5-9,13,15-16,21H,10-12H2,1-4H3,(H2,18,19,22). The number of carbonyl (C=O) groups is 1. The van der Waals surface area contributed by atoms with E-state index in [9.17, 15) is 9.90 Å². The van der Waals surface area contributed by atoms with Gasteiger partial charge in [-0.15, -0.1) is 0 Å². The molecule has 0 fully saturated rings. The normalized spacial score (nSPS) is 14.0. The summed E-state index contributed by atoms with van der Waals surface area (Å²) >= 11 is 0. The van der Waals surface area contributed by atoms with Crippen LogP contribution in [-0.2, 0) is 0 Å².